The lowest BCUT2D eigenvalue weighted by Crippen LogP contribution is -2.12. The van der Waals surface area contributed by atoms with E-state index in [1.165, 1.54) is 0 Å². The first-order valence-corrected chi connectivity index (χ1v) is 7.82. The van der Waals surface area contributed by atoms with E-state index in [1.54, 1.807) is 6.20 Å². The predicted octanol–water partition coefficient (Wildman–Crippen LogP) is 4.36. The van der Waals surface area contributed by atoms with Crippen LogP contribution in [-0.2, 0) is 12.0 Å². The summed E-state index contributed by atoms with van der Waals surface area (Å²) in [5.74, 6) is 0.267. The molecule has 0 atom stereocenters. The second-order valence-electron chi connectivity index (χ2n) is 6.90. The van der Waals surface area contributed by atoms with E-state index in [2.05, 4.69) is 37.9 Å². The largest absolute Gasteiger partial charge is 0.507 e. The zero-order valence-electron chi connectivity index (χ0n) is 13.8. The first-order chi connectivity index (χ1) is 10.9. The van der Waals surface area contributed by atoms with Gasteiger partial charge < -0.3 is 10.8 Å². The SMILES string of the molecule is CC(C)(C)c1cc(CN)c(O)c(-c2ccc3ncccc3c2)c1. The van der Waals surface area contributed by atoms with Crippen molar-refractivity contribution in [1.29, 1.82) is 0 Å². The molecule has 0 spiro atoms. The first-order valence-electron chi connectivity index (χ1n) is 7.82. The summed E-state index contributed by atoms with van der Waals surface area (Å²) in [6.45, 7) is 6.80. The minimum Gasteiger partial charge on any atom is -0.507 e. The second-order valence-corrected chi connectivity index (χ2v) is 6.90. The smallest absolute Gasteiger partial charge is 0.127 e. The molecule has 1 heterocycles. The summed E-state index contributed by atoms with van der Waals surface area (Å²) in [7, 11) is 0. The molecule has 118 valence electrons. The minimum absolute atomic E-state index is 0.00915. The third kappa shape index (κ3) is 2.92. The van der Waals surface area contributed by atoms with E-state index in [-0.39, 0.29) is 11.2 Å². The van der Waals surface area contributed by atoms with E-state index < -0.39 is 0 Å². The van der Waals surface area contributed by atoms with Crippen molar-refractivity contribution in [3.05, 3.63) is 59.8 Å². The Morgan fingerprint density at radius 1 is 1.09 bits per heavy atom. The number of aromatic hydroxyl groups is 1. The maximum atomic E-state index is 10.6. The molecule has 3 N–H and O–H groups in total. The van der Waals surface area contributed by atoms with Crippen molar-refractivity contribution in [2.24, 2.45) is 5.73 Å². The van der Waals surface area contributed by atoms with Gasteiger partial charge in [-0.25, -0.2) is 0 Å². The highest BCUT2D eigenvalue weighted by molar-refractivity contribution is 5.86. The van der Waals surface area contributed by atoms with Gasteiger partial charge in [0.25, 0.3) is 0 Å². The molecule has 0 aliphatic heterocycles. The molecule has 2 aromatic carbocycles. The summed E-state index contributed by atoms with van der Waals surface area (Å²) in [5.41, 5.74) is 10.5. The Balaban J connectivity index is 2.24. The number of aromatic nitrogens is 1. The summed E-state index contributed by atoms with van der Waals surface area (Å²) < 4.78 is 0. The van der Waals surface area contributed by atoms with Gasteiger partial charge >= 0.3 is 0 Å². The van der Waals surface area contributed by atoms with Crippen molar-refractivity contribution in [3.63, 3.8) is 0 Å². The molecule has 1 aromatic heterocycles. The lowest BCUT2D eigenvalue weighted by atomic mass is 9.83. The van der Waals surface area contributed by atoms with Crippen LogP contribution in [0.5, 0.6) is 5.75 Å². The van der Waals surface area contributed by atoms with Crippen LogP contribution in [0.3, 0.4) is 0 Å². The Morgan fingerprint density at radius 3 is 2.57 bits per heavy atom. The molecule has 3 heteroatoms. The fourth-order valence-corrected chi connectivity index (χ4v) is 2.75. The third-order valence-corrected chi connectivity index (χ3v) is 4.19. The van der Waals surface area contributed by atoms with Gasteiger partial charge in [0.05, 0.1) is 5.52 Å². The van der Waals surface area contributed by atoms with Crippen LogP contribution in [0.4, 0.5) is 0 Å². The van der Waals surface area contributed by atoms with E-state index in [0.717, 1.165) is 33.2 Å². The molecular formula is C20H22N2O. The van der Waals surface area contributed by atoms with Crippen molar-refractivity contribution in [2.75, 3.05) is 0 Å². The number of nitrogens with zero attached hydrogens (tertiary/aromatic N) is 1. The molecule has 0 saturated carbocycles. The molecule has 0 aliphatic rings. The van der Waals surface area contributed by atoms with E-state index in [1.807, 2.05) is 30.3 Å². The molecular weight excluding hydrogens is 284 g/mol. The molecule has 3 rings (SSSR count). The number of pyridine rings is 1. The van der Waals surface area contributed by atoms with Crippen molar-refractivity contribution in [2.45, 2.75) is 32.7 Å². The van der Waals surface area contributed by atoms with Crippen molar-refractivity contribution in [3.8, 4) is 16.9 Å². The van der Waals surface area contributed by atoms with Crippen molar-refractivity contribution in [1.82, 2.24) is 4.98 Å². The van der Waals surface area contributed by atoms with E-state index in [9.17, 15) is 5.11 Å². The highest BCUT2D eigenvalue weighted by Crippen LogP contribution is 2.37. The minimum atomic E-state index is -0.00915. The molecule has 0 aliphatic carbocycles. The standard InChI is InChI=1S/C20H22N2O/c1-20(2,3)16-10-15(12-21)19(23)17(11-16)13-6-7-18-14(9-13)5-4-8-22-18/h4-11,23H,12,21H2,1-3H3. The Labute approximate surface area is 136 Å². The van der Waals surface area contributed by atoms with Gasteiger partial charge in [0.15, 0.2) is 0 Å². The Hall–Kier alpha value is -2.39. The highest BCUT2D eigenvalue weighted by atomic mass is 16.3. The molecule has 23 heavy (non-hydrogen) atoms. The molecule has 3 aromatic rings. The number of benzene rings is 2. The van der Waals surface area contributed by atoms with Crippen LogP contribution in [0.2, 0.25) is 0 Å². The number of phenols is 1. The summed E-state index contributed by atoms with van der Waals surface area (Å²) in [5, 5.41) is 11.7. The molecule has 0 unspecified atom stereocenters. The monoisotopic (exact) mass is 306 g/mol. The van der Waals surface area contributed by atoms with Crippen LogP contribution in [0.25, 0.3) is 22.0 Å². The maximum Gasteiger partial charge on any atom is 0.127 e. The number of nitrogens with two attached hydrogens (primary N) is 1. The summed E-state index contributed by atoms with van der Waals surface area (Å²) in [4.78, 5) is 4.35. The zero-order valence-corrected chi connectivity index (χ0v) is 13.8. The highest BCUT2D eigenvalue weighted by Gasteiger charge is 2.19. The quantitative estimate of drug-likeness (QED) is 0.739. The van der Waals surface area contributed by atoms with Crippen LogP contribution < -0.4 is 5.73 Å². The molecule has 3 nitrogen and oxygen atoms in total. The average molecular weight is 306 g/mol. The molecule has 0 fully saturated rings. The second kappa shape index (κ2) is 5.67. The van der Waals surface area contributed by atoms with E-state index in [4.69, 9.17) is 5.73 Å². The van der Waals surface area contributed by atoms with Gasteiger partial charge in [-0.05, 0) is 40.8 Å². The summed E-state index contributed by atoms with van der Waals surface area (Å²) >= 11 is 0. The molecule has 0 radical (unpaired) electrons. The lowest BCUT2D eigenvalue weighted by molar-refractivity contribution is 0.469. The lowest BCUT2D eigenvalue weighted by Gasteiger charge is -2.22. The van der Waals surface area contributed by atoms with Gasteiger partial charge in [-0.2, -0.15) is 0 Å². The number of hydrogen-bond acceptors (Lipinski definition) is 3. The fourth-order valence-electron chi connectivity index (χ4n) is 2.75. The normalized spacial score (nSPS) is 11.8. The fraction of sp³-hybridized carbons (Fsp3) is 0.250. The predicted molar refractivity (Wildman–Crippen MR) is 95.4 cm³/mol. The van der Waals surface area contributed by atoms with Crippen molar-refractivity contribution >= 4 is 10.9 Å². The number of phenolic OH excluding ortho intramolecular Hbond substituents is 1. The van der Waals surface area contributed by atoms with Crippen LogP contribution in [0.1, 0.15) is 31.9 Å². The van der Waals surface area contributed by atoms with Crippen LogP contribution in [-0.4, -0.2) is 10.1 Å². The van der Waals surface area contributed by atoms with Crippen molar-refractivity contribution < 1.29 is 5.11 Å². The Kier molecular flexibility index (Phi) is 3.82. The van der Waals surface area contributed by atoms with E-state index in [0.29, 0.717) is 6.54 Å². The van der Waals surface area contributed by atoms with Crippen LogP contribution >= 0.6 is 0 Å². The Bertz CT molecular complexity index is 863. The molecule has 0 amide bonds. The van der Waals surface area contributed by atoms with Gasteiger partial charge in [-0.15, -0.1) is 0 Å². The van der Waals surface area contributed by atoms with Gasteiger partial charge in [-0.1, -0.05) is 39.0 Å². The molecule has 0 saturated heterocycles. The third-order valence-electron chi connectivity index (χ3n) is 4.19. The summed E-state index contributed by atoms with van der Waals surface area (Å²) in [6, 6.07) is 14.0. The van der Waals surface area contributed by atoms with Gasteiger partial charge in [0, 0.05) is 29.3 Å². The van der Waals surface area contributed by atoms with Gasteiger partial charge in [0.2, 0.25) is 0 Å². The van der Waals surface area contributed by atoms with Crippen LogP contribution in [0.15, 0.2) is 48.7 Å². The van der Waals surface area contributed by atoms with Gasteiger partial charge in [0.1, 0.15) is 5.75 Å². The number of rotatable bonds is 2. The average Bonchev–Trinajstić information content (AvgIpc) is 2.53. The van der Waals surface area contributed by atoms with E-state index >= 15 is 0 Å². The Morgan fingerprint density at radius 2 is 1.87 bits per heavy atom. The van der Waals surface area contributed by atoms with Crippen LogP contribution in [0, 0.1) is 0 Å². The van der Waals surface area contributed by atoms with Gasteiger partial charge in [-0.3, -0.25) is 4.98 Å². The maximum absolute atomic E-state index is 10.6. The summed E-state index contributed by atoms with van der Waals surface area (Å²) in [6.07, 6.45) is 1.78. The number of fused-ring (bicyclic) bond motifs is 1. The topological polar surface area (TPSA) is 59.1 Å². The molecule has 0 bridgehead atoms. The first kappa shape index (κ1) is 15.5. The zero-order chi connectivity index (χ0) is 16.6. The number of hydrogen-bond donors (Lipinski definition) is 2.